The van der Waals surface area contributed by atoms with E-state index in [4.69, 9.17) is 40.3 Å². The minimum atomic E-state index is -1.40. The molecule has 0 amide bonds. The van der Waals surface area contributed by atoms with Crippen molar-refractivity contribution in [2.24, 2.45) is 0 Å². The molecular formula is C31H31N3O10S. The SMILES string of the molecule is CC(=O)OC[C@H]1O[C@@H](n2nc(-c3cc4ccccc4n3Cc3ccccc3)oc2=S)[C@H](OC(C)=O)[C@@H](OC(C)=O)[C@H]1OC(C)=O. The third-order valence-corrected chi connectivity index (χ3v) is 7.26. The highest BCUT2D eigenvalue weighted by atomic mass is 32.1. The summed E-state index contributed by atoms with van der Waals surface area (Å²) in [4.78, 5) is 48.1. The van der Waals surface area contributed by atoms with E-state index < -0.39 is 61.1 Å². The summed E-state index contributed by atoms with van der Waals surface area (Å²) in [6, 6.07) is 19.6. The molecule has 2 aromatic carbocycles. The average molecular weight is 638 g/mol. The van der Waals surface area contributed by atoms with Gasteiger partial charge in [0.1, 0.15) is 18.4 Å². The molecule has 0 unspecified atom stereocenters. The Labute approximate surface area is 262 Å². The van der Waals surface area contributed by atoms with E-state index in [2.05, 4.69) is 5.10 Å². The van der Waals surface area contributed by atoms with Crippen LogP contribution >= 0.6 is 12.2 Å². The minimum Gasteiger partial charge on any atom is -0.463 e. The molecular weight excluding hydrogens is 606 g/mol. The molecule has 45 heavy (non-hydrogen) atoms. The molecule has 1 aliphatic rings. The maximum Gasteiger partial charge on any atom is 0.303 e. The van der Waals surface area contributed by atoms with E-state index in [1.54, 1.807) is 0 Å². The summed E-state index contributed by atoms with van der Waals surface area (Å²) in [6.45, 7) is 4.75. The number of hydrogen-bond donors (Lipinski definition) is 0. The lowest BCUT2D eigenvalue weighted by Crippen LogP contribution is -2.60. The third kappa shape index (κ3) is 7.13. The molecule has 236 valence electrons. The summed E-state index contributed by atoms with van der Waals surface area (Å²) < 4.78 is 37.2. The summed E-state index contributed by atoms with van der Waals surface area (Å²) in [6.07, 6.45) is -6.63. The molecule has 5 rings (SSSR count). The number of nitrogens with zero attached hydrogens (tertiary/aromatic N) is 3. The van der Waals surface area contributed by atoms with Gasteiger partial charge in [0.25, 0.3) is 10.7 Å². The number of benzene rings is 2. The zero-order valence-corrected chi connectivity index (χ0v) is 25.7. The predicted molar refractivity (Wildman–Crippen MR) is 159 cm³/mol. The van der Waals surface area contributed by atoms with Crippen LogP contribution in [-0.4, -0.2) is 69.2 Å². The first kappa shape index (κ1) is 31.6. The predicted octanol–water partition coefficient (Wildman–Crippen LogP) is 4.13. The number of fused-ring (bicyclic) bond motifs is 1. The number of para-hydroxylation sites is 1. The lowest BCUT2D eigenvalue weighted by atomic mass is 9.97. The smallest absolute Gasteiger partial charge is 0.303 e. The topological polar surface area (TPSA) is 150 Å². The summed E-state index contributed by atoms with van der Waals surface area (Å²) in [5, 5.41) is 5.58. The van der Waals surface area contributed by atoms with Crippen molar-refractivity contribution in [3.63, 3.8) is 0 Å². The molecule has 14 heteroatoms. The maximum atomic E-state index is 12.3. The summed E-state index contributed by atoms with van der Waals surface area (Å²) in [5.74, 6) is -2.73. The van der Waals surface area contributed by atoms with E-state index in [1.807, 2.05) is 65.2 Å². The van der Waals surface area contributed by atoms with Gasteiger partial charge in [-0.1, -0.05) is 48.5 Å². The number of esters is 4. The van der Waals surface area contributed by atoms with Gasteiger partial charge in [0, 0.05) is 45.1 Å². The van der Waals surface area contributed by atoms with Gasteiger partial charge in [-0.2, -0.15) is 4.68 Å². The van der Waals surface area contributed by atoms with Crippen LogP contribution in [0.15, 0.2) is 65.1 Å². The lowest BCUT2D eigenvalue weighted by molar-refractivity contribution is -0.270. The first-order valence-electron chi connectivity index (χ1n) is 14.0. The Hall–Kier alpha value is -4.82. The number of aromatic nitrogens is 3. The second-order valence-corrected chi connectivity index (χ2v) is 10.7. The Morgan fingerprint density at radius 3 is 2.11 bits per heavy atom. The highest BCUT2D eigenvalue weighted by Gasteiger charge is 2.53. The number of rotatable bonds is 9. The van der Waals surface area contributed by atoms with Crippen molar-refractivity contribution in [2.45, 2.75) is 64.9 Å². The van der Waals surface area contributed by atoms with Gasteiger partial charge in [0.2, 0.25) is 0 Å². The molecule has 1 saturated heterocycles. The molecule has 1 aliphatic heterocycles. The van der Waals surface area contributed by atoms with Crippen molar-refractivity contribution in [3.05, 3.63) is 71.1 Å². The highest BCUT2D eigenvalue weighted by Crippen LogP contribution is 2.36. The van der Waals surface area contributed by atoms with Crippen LogP contribution in [-0.2, 0) is 49.4 Å². The number of carbonyl (C=O) groups excluding carboxylic acids is 4. The van der Waals surface area contributed by atoms with Crippen molar-refractivity contribution >= 4 is 47.0 Å². The van der Waals surface area contributed by atoms with Crippen molar-refractivity contribution in [3.8, 4) is 11.6 Å². The highest BCUT2D eigenvalue weighted by molar-refractivity contribution is 7.71. The van der Waals surface area contributed by atoms with Crippen LogP contribution in [0.2, 0.25) is 0 Å². The summed E-state index contributed by atoms with van der Waals surface area (Å²) >= 11 is 5.57. The molecule has 4 aromatic rings. The molecule has 1 fully saturated rings. The molecule has 5 atom stereocenters. The zero-order chi connectivity index (χ0) is 32.2. The van der Waals surface area contributed by atoms with Crippen molar-refractivity contribution in [1.82, 2.24) is 14.3 Å². The number of carbonyl (C=O) groups is 4. The van der Waals surface area contributed by atoms with E-state index in [-0.39, 0.29) is 10.7 Å². The van der Waals surface area contributed by atoms with Gasteiger partial charge in [0.15, 0.2) is 24.5 Å². The van der Waals surface area contributed by atoms with Gasteiger partial charge in [-0.25, -0.2) is 0 Å². The number of ether oxygens (including phenoxy) is 5. The fourth-order valence-corrected chi connectivity index (χ4v) is 5.50. The first-order valence-corrected chi connectivity index (χ1v) is 14.5. The Balaban J connectivity index is 1.61. The van der Waals surface area contributed by atoms with E-state index in [0.717, 1.165) is 37.2 Å². The first-order chi connectivity index (χ1) is 21.5. The van der Waals surface area contributed by atoms with E-state index in [1.165, 1.54) is 11.6 Å². The van der Waals surface area contributed by atoms with Crippen LogP contribution in [0.25, 0.3) is 22.5 Å². The minimum absolute atomic E-state index is 0.139. The Morgan fingerprint density at radius 2 is 1.44 bits per heavy atom. The van der Waals surface area contributed by atoms with Crippen molar-refractivity contribution < 1.29 is 47.3 Å². The Kier molecular flexibility index (Phi) is 9.44. The van der Waals surface area contributed by atoms with Gasteiger partial charge in [-0.3, -0.25) is 19.2 Å². The lowest BCUT2D eigenvalue weighted by Gasteiger charge is -2.43. The summed E-state index contributed by atoms with van der Waals surface area (Å²) in [5.41, 5.74) is 2.58. The van der Waals surface area contributed by atoms with Gasteiger partial charge in [-0.15, -0.1) is 5.10 Å². The van der Waals surface area contributed by atoms with Crippen LogP contribution < -0.4 is 0 Å². The van der Waals surface area contributed by atoms with Crippen LogP contribution in [0.5, 0.6) is 0 Å². The fraction of sp³-hybridized carbons (Fsp3) is 0.355. The fourth-order valence-electron chi connectivity index (χ4n) is 5.28. The van der Waals surface area contributed by atoms with E-state index >= 15 is 0 Å². The zero-order valence-electron chi connectivity index (χ0n) is 24.9. The van der Waals surface area contributed by atoms with Crippen LogP contribution in [0, 0.1) is 4.84 Å². The monoisotopic (exact) mass is 637 g/mol. The van der Waals surface area contributed by atoms with E-state index in [9.17, 15) is 19.2 Å². The van der Waals surface area contributed by atoms with E-state index in [0.29, 0.717) is 12.2 Å². The maximum absolute atomic E-state index is 12.3. The van der Waals surface area contributed by atoms with Crippen LogP contribution in [0.1, 0.15) is 39.5 Å². The molecule has 3 heterocycles. The molecule has 2 aromatic heterocycles. The van der Waals surface area contributed by atoms with Crippen molar-refractivity contribution in [1.29, 1.82) is 0 Å². The largest absolute Gasteiger partial charge is 0.463 e. The Bertz CT molecular complexity index is 1780. The average Bonchev–Trinajstić information content (AvgIpc) is 3.54. The van der Waals surface area contributed by atoms with Gasteiger partial charge >= 0.3 is 23.9 Å². The third-order valence-electron chi connectivity index (χ3n) is 6.99. The molecule has 13 nitrogen and oxygen atoms in total. The number of hydrogen-bond acceptors (Lipinski definition) is 12. The molecule has 0 aliphatic carbocycles. The van der Waals surface area contributed by atoms with Crippen LogP contribution in [0.4, 0.5) is 0 Å². The molecule has 0 N–H and O–H groups in total. The molecule has 0 spiro atoms. The Morgan fingerprint density at radius 1 is 0.822 bits per heavy atom. The molecule has 0 radical (unpaired) electrons. The van der Waals surface area contributed by atoms with Gasteiger partial charge in [-0.05, 0) is 29.9 Å². The van der Waals surface area contributed by atoms with Gasteiger partial charge < -0.3 is 32.7 Å². The second-order valence-electron chi connectivity index (χ2n) is 10.4. The summed E-state index contributed by atoms with van der Waals surface area (Å²) in [7, 11) is 0. The molecule has 0 bridgehead atoms. The second kappa shape index (κ2) is 13.4. The van der Waals surface area contributed by atoms with Crippen molar-refractivity contribution in [2.75, 3.05) is 6.61 Å². The quantitative estimate of drug-likeness (QED) is 0.147. The van der Waals surface area contributed by atoms with Gasteiger partial charge in [0.05, 0.1) is 0 Å². The molecule has 0 saturated carbocycles. The normalized spacial score (nSPS) is 21.2. The van der Waals surface area contributed by atoms with Crippen LogP contribution in [0.3, 0.4) is 0 Å². The standard InChI is InChI=1S/C31H31N3O10S/c1-17(35)39-16-25-26(40-18(2)36)27(41-19(3)37)28(42-20(4)38)30(43-25)34-31(45)44-29(32-34)24-14-22-12-8-9-13-23(22)33(24)15-21-10-6-5-7-11-21/h5-14,25-28,30H,15-16H2,1-4H3/t25-,26+,27+,28-,30-/m1/s1.